The van der Waals surface area contributed by atoms with Gasteiger partial charge in [0.25, 0.3) is 0 Å². The number of hydrogen-bond donors (Lipinski definition) is 1. The van der Waals surface area contributed by atoms with Gasteiger partial charge in [-0.1, -0.05) is 18.2 Å². The average Bonchev–Trinajstić information content (AvgIpc) is 2.39. The summed E-state index contributed by atoms with van der Waals surface area (Å²) in [5.74, 6) is 0. The van der Waals surface area contributed by atoms with Crippen LogP contribution in [0.2, 0.25) is 0 Å². The number of hydroxylamine groups is 1. The van der Waals surface area contributed by atoms with Crippen molar-refractivity contribution in [3.8, 4) is 0 Å². The van der Waals surface area contributed by atoms with Crippen molar-refractivity contribution in [3.05, 3.63) is 30.3 Å². The summed E-state index contributed by atoms with van der Waals surface area (Å²) in [4.78, 5) is 6.71. The molecule has 1 aliphatic rings. The molecule has 0 unspecified atom stereocenters. The van der Waals surface area contributed by atoms with E-state index in [-0.39, 0.29) is 6.04 Å². The molecular weight excluding hydrogens is 257 g/mol. The number of para-hydroxylation sites is 1. The summed E-state index contributed by atoms with van der Waals surface area (Å²) in [5, 5.41) is 0. The monoisotopic (exact) mass is 274 g/mol. The van der Waals surface area contributed by atoms with E-state index in [4.69, 9.17) is 0 Å². The fraction of sp³-hybridized carbons (Fsp3) is 0.538. The molecule has 0 aromatic heterocycles. The molecule has 0 bridgehead atoms. The van der Waals surface area contributed by atoms with Crippen LogP contribution in [0.1, 0.15) is 12.8 Å². The summed E-state index contributed by atoms with van der Waals surface area (Å²) in [6, 6.07) is 9.98. The molecule has 0 atom stereocenters. The predicted molar refractivity (Wildman–Crippen MR) is 66.8 cm³/mol. The van der Waals surface area contributed by atoms with E-state index < -0.39 is 12.8 Å². The molecule has 1 aromatic carbocycles. The van der Waals surface area contributed by atoms with E-state index in [1.807, 2.05) is 30.3 Å². The summed E-state index contributed by atoms with van der Waals surface area (Å²) >= 11 is 0. The minimum Gasteiger partial charge on any atom is -0.371 e. The molecule has 1 aromatic rings. The molecule has 6 heteroatoms. The second-order valence-corrected chi connectivity index (χ2v) is 4.62. The number of piperidine rings is 1. The standard InChI is InChI=1S/C13H17F3N2O/c14-13(15,16)10-19-17-11-6-8-18(9-7-11)12-4-2-1-3-5-12/h1-5,11,17H,6-10H2. The van der Waals surface area contributed by atoms with Crippen LogP contribution < -0.4 is 10.4 Å². The molecule has 106 valence electrons. The molecule has 1 N–H and O–H groups in total. The molecule has 1 heterocycles. The van der Waals surface area contributed by atoms with Crippen molar-refractivity contribution in [3.63, 3.8) is 0 Å². The molecule has 19 heavy (non-hydrogen) atoms. The average molecular weight is 274 g/mol. The number of halogens is 3. The van der Waals surface area contributed by atoms with E-state index in [9.17, 15) is 13.2 Å². The molecule has 0 aliphatic carbocycles. The highest BCUT2D eigenvalue weighted by atomic mass is 19.4. The number of rotatable bonds is 4. The third-order valence-corrected chi connectivity index (χ3v) is 3.10. The Kier molecular flexibility index (Phi) is 4.66. The molecule has 1 fully saturated rings. The fourth-order valence-electron chi connectivity index (χ4n) is 2.14. The third kappa shape index (κ3) is 4.72. The molecule has 0 spiro atoms. The van der Waals surface area contributed by atoms with Crippen LogP contribution in [-0.2, 0) is 4.84 Å². The normalized spacial score (nSPS) is 17.7. The largest absolute Gasteiger partial charge is 0.413 e. The first-order valence-electron chi connectivity index (χ1n) is 6.29. The summed E-state index contributed by atoms with van der Waals surface area (Å²) in [6.07, 6.45) is -2.74. The lowest BCUT2D eigenvalue weighted by atomic mass is 10.1. The Hall–Kier alpha value is -1.27. The van der Waals surface area contributed by atoms with Crippen LogP contribution in [0.15, 0.2) is 30.3 Å². The van der Waals surface area contributed by atoms with Gasteiger partial charge in [-0.15, -0.1) is 0 Å². The third-order valence-electron chi connectivity index (χ3n) is 3.10. The molecule has 1 saturated heterocycles. The fourth-order valence-corrected chi connectivity index (χ4v) is 2.14. The molecule has 0 amide bonds. The Balaban J connectivity index is 1.71. The van der Waals surface area contributed by atoms with Crippen molar-refractivity contribution >= 4 is 5.69 Å². The molecular formula is C13H17F3N2O. The summed E-state index contributed by atoms with van der Waals surface area (Å²) in [7, 11) is 0. The highest BCUT2D eigenvalue weighted by Gasteiger charge is 2.28. The minimum absolute atomic E-state index is 0.0117. The zero-order chi connectivity index (χ0) is 13.7. The Labute approximate surface area is 110 Å². The summed E-state index contributed by atoms with van der Waals surface area (Å²) in [5.41, 5.74) is 3.65. The van der Waals surface area contributed by atoms with Crippen molar-refractivity contribution < 1.29 is 18.0 Å². The Morgan fingerprint density at radius 2 is 1.79 bits per heavy atom. The van der Waals surface area contributed by atoms with E-state index in [0.29, 0.717) is 0 Å². The molecule has 3 nitrogen and oxygen atoms in total. The Bertz CT molecular complexity index is 375. The topological polar surface area (TPSA) is 24.5 Å². The van der Waals surface area contributed by atoms with E-state index in [1.54, 1.807) is 0 Å². The Morgan fingerprint density at radius 1 is 1.16 bits per heavy atom. The van der Waals surface area contributed by atoms with Crippen molar-refractivity contribution in [2.75, 3.05) is 24.6 Å². The molecule has 0 radical (unpaired) electrons. The first-order chi connectivity index (χ1) is 9.04. The van der Waals surface area contributed by atoms with Gasteiger partial charge >= 0.3 is 6.18 Å². The quantitative estimate of drug-likeness (QED) is 0.854. The van der Waals surface area contributed by atoms with Gasteiger partial charge in [0.2, 0.25) is 0 Å². The highest BCUT2D eigenvalue weighted by Crippen LogP contribution is 2.20. The number of alkyl halides is 3. The van der Waals surface area contributed by atoms with Gasteiger partial charge in [-0.2, -0.15) is 18.7 Å². The smallest absolute Gasteiger partial charge is 0.371 e. The number of anilines is 1. The van der Waals surface area contributed by atoms with Gasteiger partial charge < -0.3 is 4.90 Å². The molecule has 0 saturated carbocycles. The summed E-state index contributed by atoms with van der Waals surface area (Å²) in [6.45, 7) is 0.389. The van der Waals surface area contributed by atoms with Gasteiger partial charge in [-0.3, -0.25) is 4.84 Å². The van der Waals surface area contributed by atoms with E-state index in [2.05, 4.69) is 15.2 Å². The van der Waals surface area contributed by atoms with E-state index in [1.165, 1.54) is 0 Å². The van der Waals surface area contributed by atoms with Crippen molar-refractivity contribution in [2.45, 2.75) is 25.1 Å². The maximum atomic E-state index is 11.9. The lowest BCUT2D eigenvalue weighted by Crippen LogP contribution is -2.43. The second-order valence-electron chi connectivity index (χ2n) is 4.62. The van der Waals surface area contributed by atoms with Crippen LogP contribution >= 0.6 is 0 Å². The highest BCUT2D eigenvalue weighted by molar-refractivity contribution is 5.46. The molecule has 2 rings (SSSR count). The first-order valence-corrected chi connectivity index (χ1v) is 6.29. The van der Waals surface area contributed by atoms with Crippen LogP contribution in [-0.4, -0.2) is 31.9 Å². The lowest BCUT2D eigenvalue weighted by Gasteiger charge is -2.33. The maximum Gasteiger partial charge on any atom is 0.413 e. The number of nitrogens with zero attached hydrogens (tertiary/aromatic N) is 1. The zero-order valence-electron chi connectivity index (χ0n) is 10.5. The van der Waals surface area contributed by atoms with Gasteiger partial charge in [0.15, 0.2) is 6.61 Å². The van der Waals surface area contributed by atoms with Gasteiger partial charge in [-0.25, -0.2) is 0 Å². The van der Waals surface area contributed by atoms with Crippen molar-refractivity contribution in [2.24, 2.45) is 0 Å². The molecule has 1 aliphatic heterocycles. The van der Waals surface area contributed by atoms with Crippen molar-refractivity contribution in [1.29, 1.82) is 0 Å². The van der Waals surface area contributed by atoms with Gasteiger partial charge in [0, 0.05) is 24.8 Å². The zero-order valence-corrected chi connectivity index (χ0v) is 10.5. The summed E-state index contributed by atoms with van der Waals surface area (Å²) < 4.78 is 35.8. The van der Waals surface area contributed by atoms with Gasteiger partial charge in [0.1, 0.15) is 0 Å². The number of hydrogen-bond acceptors (Lipinski definition) is 3. The number of nitrogens with one attached hydrogen (secondary N) is 1. The van der Waals surface area contributed by atoms with Gasteiger partial charge in [-0.05, 0) is 25.0 Å². The van der Waals surface area contributed by atoms with E-state index in [0.717, 1.165) is 31.6 Å². The lowest BCUT2D eigenvalue weighted by molar-refractivity contribution is -0.193. The van der Waals surface area contributed by atoms with E-state index >= 15 is 0 Å². The van der Waals surface area contributed by atoms with Crippen LogP contribution in [0.3, 0.4) is 0 Å². The second kappa shape index (κ2) is 6.25. The number of benzene rings is 1. The van der Waals surface area contributed by atoms with Crippen molar-refractivity contribution in [1.82, 2.24) is 5.48 Å². The van der Waals surface area contributed by atoms with Crippen LogP contribution in [0, 0.1) is 0 Å². The SMILES string of the molecule is FC(F)(F)CONC1CCN(c2ccccc2)CC1. The minimum atomic E-state index is -4.28. The Morgan fingerprint density at radius 3 is 2.37 bits per heavy atom. The predicted octanol–water partition coefficient (Wildman–Crippen LogP) is 2.74. The van der Waals surface area contributed by atoms with Crippen LogP contribution in [0.5, 0.6) is 0 Å². The maximum absolute atomic E-state index is 11.9. The van der Waals surface area contributed by atoms with Crippen LogP contribution in [0.25, 0.3) is 0 Å². The van der Waals surface area contributed by atoms with Crippen LogP contribution in [0.4, 0.5) is 18.9 Å². The first kappa shape index (κ1) is 14.1. The van der Waals surface area contributed by atoms with Gasteiger partial charge in [0.05, 0.1) is 0 Å².